The second-order valence-corrected chi connectivity index (χ2v) is 3.82. The highest BCUT2D eigenvalue weighted by Crippen LogP contribution is 2.28. The van der Waals surface area contributed by atoms with Gasteiger partial charge in [0, 0.05) is 0 Å². The maximum atomic E-state index is 13.5. The van der Waals surface area contributed by atoms with E-state index in [-0.39, 0.29) is 11.3 Å². The van der Waals surface area contributed by atoms with Crippen LogP contribution in [0.25, 0.3) is 0 Å². The van der Waals surface area contributed by atoms with Gasteiger partial charge in [0.1, 0.15) is 12.5 Å². The van der Waals surface area contributed by atoms with Crippen molar-refractivity contribution in [3.05, 3.63) is 29.6 Å². The van der Waals surface area contributed by atoms with E-state index in [1.54, 1.807) is 0 Å². The van der Waals surface area contributed by atoms with Gasteiger partial charge in [0.05, 0.1) is 0 Å². The Bertz CT molecular complexity index is 474. The summed E-state index contributed by atoms with van der Waals surface area (Å²) in [6.07, 6.45) is -4.75. The molecule has 8 heteroatoms. The lowest BCUT2D eigenvalue weighted by molar-refractivity contribution is -0.162. The molecule has 1 atom stereocenters. The molecule has 0 aliphatic heterocycles. The van der Waals surface area contributed by atoms with Crippen LogP contribution in [0.3, 0.4) is 0 Å². The minimum absolute atomic E-state index is 0.241. The molecular weight excluding hydrogens is 268 g/mol. The summed E-state index contributed by atoms with van der Waals surface area (Å²) in [6.45, 7) is 0.479. The number of oxime groups is 1. The van der Waals surface area contributed by atoms with Gasteiger partial charge < -0.3 is 15.7 Å². The van der Waals surface area contributed by atoms with Crippen LogP contribution >= 0.6 is 0 Å². The second-order valence-electron chi connectivity index (χ2n) is 3.82. The third-order valence-electron chi connectivity index (χ3n) is 2.43. The zero-order valence-electron chi connectivity index (χ0n) is 9.91. The van der Waals surface area contributed by atoms with Crippen LogP contribution in [0.1, 0.15) is 5.56 Å². The normalized spacial score (nSPS) is 14.3. The molecule has 0 aliphatic carbocycles. The lowest BCUT2D eigenvalue weighted by Crippen LogP contribution is -2.40. The van der Waals surface area contributed by atoms with Crippen LogP contribution in [0, 0.1) is 18.7 Å². The van der Waals surface area contributed by atoms with E-state index >= 15 is 0 Å². The first kappa shape index (κ1) is 15.1. The number of nitrogens with two attached hydrogens (primary N) is 1. The average molecular weight is 280 g/mol. The summed E-state index contributed by atoms with van der Waals surface area (Å²) >= 11 is 0. The van der Waals surface area contributed by atoms with E-state index in [1.807, 2.05) is 0 Å². The number of ether oxygens (including phenoxy) is 1. The quantitative estimate of drug-likeness (QED) is 0.293. The van der Waals surface area contributed by atoms with Crippen LogP contribution in [0.15, 0.2) is 23.4 Å². The molecule has 1 aromatic rings. The van der Waals surface area contributed by atoms with Crippen molar-refractivity contribution in [1.29, 1.82) is 0 Å². The number of alkyl halides is 3. The number of hydrogen-bond donors (Lipinski definition) is 2. The molecule has 0 spiro atoms. The number of halogens is 4. The van der Waals surface area contributed by atoms with Crippen molar-refractivity contribution in [2.45, 2.75) is 13.1 Å². The van der Waals surface area contributed by atoms with E-state index in [2.05, 4.69) is 5.16 Å². The molecule has 0 saturated carbocycles. The number of amidine groups is 1. The molecule has 4 nitrogen and oxygen atoms in total. The fourth-order valence-electron chi connectivity index (χ4n) is 1.32. The molecule has 3 N–H and O–H groups in total. The molecule has 0 aliphatic rings. The molecule has 0 saturated heterocycles. The highest BCUT2D eigenvalue weighted by molar-refractivity contribution is 5.83. The van der Waals surface area contributed by atoms with E-state index in [0.717, 1.165) is 0 Å². The summed E-state index contributed by atoms with van der Waals surface area (Å²) in [5, 5.41) is 10.6. The summed E-state index contributed by atoms with van der Waals surface area (Å²) in [4.78, 5) is 0. The highest BCUT2D eigenvalue weighted by atomic mass is 19.4. The van der Waals surface area contributed by atoms with Crippen molar-refractivity contribution in [2.24, 2.45) is 16.8 Å². The van der Waals surface area contributed by atoms with Crippen LogP contribution in [0.5, 0.6) is 5.75 Å². The van der Waals surface area contributed by atoms with E-state index in [9.17, 15) is 17.6 Å². The van der Waals surface area contributed by atoms with Crippen molar-refractivity contribution < 1.29 is 27.5 Å². The molecule has 0 radical (unpaired) electrons. The van der Waals surface area contributed by atoms with E-state index in [4.69, 9.17) is 15.7 Å². The summed E-state index contributed by atoms with van der Waals surface area (Å²) in [5.41, 5.74) is 5.18. The van der Waals surface area contributed by atoms with E-state index < -0.39 is 30.4 Å². The third-order valence-corrected chi connectivity index (χ3v) is 2.43. The maximum absolute atomic E-state index is 13.5. The van der Waals surface area contributed by atoms with Gasteiger partial charge in [-0.05, 0) is 18.6 Å². The van der Waals surface area contributed by atoms with Crippen LogP contribution in [0.4, 0.5) is 17.6 Å². The minimum Gasteiger partial charge on any atom is -0.489 e. The van der Waals surface area contributed by atoms with Gasteiger partial charge in [-0.3, -0.25) is 0 Å². The topological polar surface area (TPSA) is 67.8 Å². The van der Waals surface area contributed by atoms with Gasteiger partial charge in [-0.2, -0.15) is 13.2 Å². The summed E-state index contributed by atoms with van der Waals surface area (Å²) in [5.74, 6) is -4.42. The van der Waals surface area contributed by atoms with Crippen molar-refractivity contribution in [3.8, 4) is 5.75 Å². The molecule has 19 heavy (non-hydrogen) atoms. The summed E-state index contributed by atoms with van der Waals surface area (Å²) < 4.78 is 56.1. The second kappa shape index (κ2) is 5.77. The predicted molar refractivity (Wildman–Crippen MR) is 59.6 cm³/mol. The molecule has 0 fully saturated rings. The molecular formula is C11H12F4N2O2. The zero-order valence-corrected chi connectivity index (χ0v) is 9.91. The lowest BCUT2D eigenvalue weighted by atomic mass is 10.1. The van der Waals surface area contributed by atoms with E-state index in [1.165, 1.54) is 25.1 Å². The van der Waals surface area contributed by atoms with Gasteiger partial charge in [-0.1, -0.05) is 17.3 Å². The summed E-state index contributed by atoms with van der Waals surface area (Å²) in [6, 6.07) is 4.09. The van der Waals surface area contributed by atoms with E-state index in [0.29, 0.717) is 0 Å². The number of hydrogen-bond acceptors (Lipinski definition) is 3. The standard InChI is InChI=1S/C11H12F4N2O2/c1-6-3-2-4-8(9(6)12)19-5-7(10(16)17-18)11(13,14)15/h2-4,7,18H,5H2,1H3,(H2,16,17). The van der Waals surface area contributed by atoms with Crippen LogP contribution in [-0.2, 0) is 0 Å². The Hall–Kier alpha value is -1.99. The first-order valence-corrected chi connectivity index (χ1v) is 5.19. The molecule has 0 bridgehead atoms. The highest BCUT2D eigenvalue weighted by Gasteiger charge is 2.43. The van der Waals surface area contributed by atoms with Crippen molar-refractivity contribution in [1.82, 2.24) is 0 Å². The molecule has 1 aromatic carbocycles. The number of nitrogens with zero attached hydrogens (tertiary/aromatic N) is 1. The molecule has 0 heterocycles. The van der Waals surface area contributed by atoms with Gasteiger partial charge >= 0.3 is 6.18 Å². The Morgan fingerprint density at radius 2 is 2.11 bits per heavy atom. The van der Waals surface area contributed by atoms with Crippen LogP contribution in [-0.4, -0.2) is 23.8 Å². The van der Waals surface area contributed by atoms with Gasteiger partial charge in [0.2, 0.25) is 0 Å². The fourth-order valence-corrected chi connectivity index (χ4v) is 1.32. The molecule has 106 valence electrons. The third kappa shape index (κ3) is 3.73. The van der Waals surface area contributed by atoms with Crippen molar-refractivity contribution in [3.63, 3.8) is 0 Å². The number of benzene rings is 1. The minimum atomic E-state index is -4.75. The number of aryl methyl sites for hydroxylation is 1. The van der Waals surface area contributed by atoms with Crippen LogP contribution < -0.4 is 10.5 Å². The molecule has 1 rings (SSSR count). The van der Waals surface area contributed by atoms with Gasteiger partial charge in [0.15, 0.2) is 17.4 Å². The molecule has 0 amide bonds. The average Bonchev–Trinajstić information content (AvgIpc) is 2.32. The van der Waals surface area contributed by atoms with Gasteiger partial charge in [-0.25, -0.2) is 4.39 Å². The summed E-state index contributed by atoms with van der Waals surface area (Å²) in [7, 11) is 0. The predicted octanol–water partition coefficient (Wildman–Crippen LogP) is 2.44. The monoisotopic (exact) mass is 280 g/mol. The Morgan fingerprint density at radius 1 is 1.47 bits per heavy atom. The Labute approximate surface area is 106 Å². The molecule has 1 unspecified atom stereocenters. The largest absolute Gasteiger partial charge is 0.489 e. The lowest BCUT2D eigenvalue weighted by Gasteiger charge is -2.19. The van der Waals surface area contributed by atoms with Crippen LogP contribution in [0.2, 0.25) is 0 Å². The van der Waals surface area contributed by atoms with Gasteiger partial charge in [-0.15, -0.1) is 0 Å². The van der Waals surface area contributed by atoms with Crippen molar-refractivity contribution in [2.75, 3.05) is 6.61 Å². The Balaban J connectivity index is 2.86. The first-order chi connectivity index (χ1) is 8.77. The zero-order chi connectivity index (χ0) is 14.6. The maximum Gasteiger partial charge on any atom is 0.402 e. The first-order valence-electron chi connectivity index (χ1n) is 5.19. The Morgan fingerprint density at radius 3 is 2.63 bits per heavy atom. The molecule has 0 aromatic heterocycles. The SMILES string of the molecule is Cc1cccc(OCC(/C(N)=N/O)C(F)(F)F)c1F. The van der Waals surface area contributed by atoms with Gasteiger partial charge in [0.25, 0.3) is 0 Å². The fraction of sp³-hybridized carbons (Fsp3) is 0.364. The number of rotatable bonds is 4. The Kier molecular flexibility index (Phi) is 4.57. The smallest absolute Gasteiger partial charge is 0.402 e. The van der Waals surface area contributed by atoms with Crippen molar-refractivity contribution >= 4 is 5.84 Å².